The minimum absolute atomic E-state index is 0.151. The van der Waals surface area contributed by atoms with Gasteiger partial charge in [0, 0.05) is 12.1 Å². The molecule has 1 aliphatic rings. The molecule has 2 amide bonds. The van der Waals surface area contributed by atoms with Crippen LogP contribution in [0.3, 0.4) is 0 Å². The Hall–Kier alpha value is -3.23. The second-order valence-electron chi connectivity index (χ2n) is 5.78. The molecule has 0 saturated carbocycles. The smallest absolute Gasteiger partial charge is 0.275 e. The summed E-state index contributed by atoms with van der Waals surface area (Å²) in [5, 5.41) is 1.90. The zero-order valence-corrected chi connectivity index (χ0v) is 17.8. The fourth-order valence-electron chi connectivity index (χ4n) is 2.91. The molecule has 8 heteroatoms. The van der Waals surface area contributed by atoms with Crippen LogP contribution in [0.4, 0.5) is 0 Å². The van der Waals surface area contributed by atoms with Crippen molar-refractivity contribution in [1.29, 1.82) is 0 Å². The van der Waals surface area contributed by atoms with Crippen molar-refractivity contribution >= 4 is 35.5 Å². The van der Waals surface area contributed by atoms with Gasteiger partial charge in [-0.1, -0.05) is 66.4 Å². The second-order valence-corrected chi connectivity index (χ2v) is 6.71. The maximum atomic E-state index is 12.9. The van der Waals surface area contributed by atoms with Crippen LogP contribution in [-0.4, -0.2) is 35.7 Å². The summed E-state index contributed by atoms with van der Waals surface area (Å²) < 4.78 is 0. The summed E-state index contributed by atoms with van der Waals surface area (Å²) in [5.41, 5.74) is 12.6. The lowest BCUT2D eigenvalue weighted by molar-refractivity contribution is -0.122. The van der Waals surface area contributed by atoms with Crippen LogP contribution in [-0.2, 0) is 16.1 Å². The van der Waals surface area contributed by atoms with Crippen molar-refractivity contribution in [1.82, 2.24) is 4.90 Å². The quantitative estimate of drug-likeness (QED) is 0.573. The molecule has 4 N–H and O–H groups in total. The first-order valence-corrected chi connectivity index (χ1v) is 9.96. The highest BCUT2D eigenvalue weighted by Crippen LogP contribution is 2.32. The van der Waals surface area contributed by atoms with Crippen molar-refractivity contribution in [2.75, 3.05) is 7.05 Å². The van der Waals surface area contributed by atoms with Gasteiger partial charge in [0.15, 0.2) is 5.17 Å². The number of rotatable bonds is 4. The van der Waals surface area contributed by atoms with Gasteiger partial charge in [0.25, 0.3) is 11.8 Å². The Morgan fingerprint density at radius 1 is 1.13 bits per heavy atom. The average Bonchev–Trinajstić information content (AvgIpc) is 3.12. The van der Waals surface area contributed by atoms with E-state index in [-0.39, 0.29) is 11.1 Å². The number of benzene rings is 2. The van der Waals surface area contributed by atoms with Crippen LogP contribution in [0.25, 0.3) is 0 Å². The number of fused-ring (bicyclic) bond motifs is 1. The number of aliphatic imine (C=N–C) groups is 1. The Balaban J connectivity index is 0.00000106. The summed E-state index contributed by atoms with van der Waals surface area (Å²) in [4.78, 5) is 39.3. The number of carbonyl (C=O) groups is 3. The van der Waals surface area contributed by atoms with Gasteiger partial charge in [0.2, 0.25) is 0 Å². The van der Waals surface area contributed by atoms with Gasteiger partial charge in [-0.2, -0.15) is 4.99 Å². The molecule has 0 radical (unpaired) electrons. The Kier molecular flexibility index (Phi) is 10.8. The van der Waals surface area contributed by atoms with Crippen molar-refractivity contribution in [2.45, 2.75) is 19.5 Å². The number of allylic oxidation sites excluding steroid dienone is 1. The molecule has 3 rings (SSSR count). The highest BCUT2D eigenvalue weighted by atomic mass is 32.2. The van der Waals surface area contributed by atoms with Crippen LogP contribution in [0.2, 0.25) is 0 Å². The first-order valence-electron chi connectivity index (χ1n) is 9.08. The number of nitrogens with zero attached hydrogens (tertiary/aromatic N) is 2. The summed E-state index contributed by atoms with van der Waals surface area (Å²) in [7, 11) is 1.50. The van der Waals surface area contributed by atoms with Crippen LogP contribution in [0.15, 0.2) is 71.1 Å². The zero-order chi connectivity index (χ0) is 22.5. The molecule has 0 aliphatic carbocycles. The van der Waals surface area contributed by atoms with Gasteiger partial charge < -0.3 is 21.2 Å². The van der Waals surface area contributed by atoms with E-state index in [9.17, 15) is 9.59 Å². The Morgan fingerprint density at radius 2 is 1.73 bits per heavy atom. The third-order valence-corrected chi connectivity index (χ3v) is 4.80. The first kappa shape index (κ1) is 24.8. The van der Waals surface area contributed by atoms with Gasteiger partial charge in [-0.25, -0.2) is 0 Å². The summed E-state index contributed by atoms with van der Waals surface area (Å²) >= 11 is 1.17. The first-order chi connectivity index (χ1) is 14.6. The summed E-state index contributed by atoms with van der Waals surface area (Å²) in [5.74, 6) is -0.621. The molecule has 0 fully saturated rings. The predicted octanol–water partition coefficient (Wildman–Crippen LogP) is 2.88. The summed E-state index contributed by atoms with van der Waals surface area (Å²) in [6.07, 6.45) is 1.81. The molecule has 1 unspecified atom stereocenters. The lowest BCUT2D eigenvalue weighted by Crippen LogP contribution is -2.34. The molecule has 158 valence electrons. The maximum Gasteiger partial charge on any atom is 0.275 e. The molecule has 1 heterocycles. The molecular weight excluding hydrogens is 400 g/mol. The molecule has 1 atom stereocenters. The van der Waals surface area contributed by atoms with E-state index in [1.807, 2.05) is 68.3 Å². The Bertz CT molecular complexity index is 900. The number of thioether (sulfide) groups is 1. The maximum absolute atomic E-state index is 12.9. The largest absolute Gasteiger partial charge is 0.378 e. The van der Waals surface area contributed by atoms with Crippen LogP contribution < -0.4 is 11.5 Å². The van der Waals surface area contributed by atoms with Crippen LogP contribution in [0, 0.1) is 0 Å². The molecule has 0 spiro atoms. The molecular formula is C22H26N4O3S. The number of nitrogens with two attached hydrogens (primary N) is 2. The van der Waals surface area contributed by atoms with Gasteiger partial charge in [0.05, 0.1) is 0 Å². The lowest BCUT2D eigenvalue weighted by atomic mass is 10.0. The molecule has 30 heavy (non-hydrogen) atoms. The number of carbonyl (C=O) groups excluding carboxylic acids is 3. The van der Waals surface area contributed by atoms with Crippen molar-refractivity contribution in [3.05, 3.63) is 82.8 Å². The van der Waals surface area contributed by atoms with E-state index < -0.39 is 11.9 Å². The fraction of sp³-hybridized carbons (Fsp3) is 0.182. The Labute approximate surface area is 180 Å². The zero-order valence-electron chi connectivity index (χ0n) is 17.0. The monoisotopic (exact) mass is 426 g/mol. The number of amidine groups is 1. The van der Waals surface area contributed by atoms with Crippen LogP contribution in [0.5, 0.6) is 0 Å². The average molecular weight is 427 g/mol. The highest BCUT2D eigenvalue weighted by Gasteiger charge is 2.37. The van der Waals surface area contributed by atoms with E-state index in [1.54, 1.807) is 16.4 Å². The predicted molar refractivity (Wildman–Crippen MR) is 122 cm³/mol. The minimum Gasteiger partial charge on any atom is -0.378 e. The van der Waals surface area contributed by atoms with Crippen molar-refractivity contribution in [3.63, 3.8) is 0 Å². The van der Waals surface area contributed by atoms with Crippen molar-refractivity contribution in [3.8, 4) is 0 Å². The van der Waals surface area contributed by atoms with E-state index in [4.69, 9.17) is 10.5 Å². The lowest BCUT2D eigenvalue weighted by Gasteiger charge is -2.25. The van der Waals surface area contributed by atoms with E-state index in [2.05, 4.69) is 10.7 Å². The SMILES string of the molecule is C/C=C/SC(N)=NC(=O)C(c1ccccc1)N1Cc2ccccc2C1=O.C=O.CN. The number of hydrogen-bond acceptors (Lipinski definition) is 5. The van der Waals surface area contributed by atoms with Gasteiger partial charge in [-0.3, -0.25) is 9.59 Å². The number of hydrogen-bond donors (Lipinski definition) is 2. The third-order valence-electron chi connectivity index (χ3n) is 4.06. The Morgan fingerprint density at radius 3 is 2.33 bits per heavy atom. The highest BCUT2D eigenvalue weighted by molar-refractivity contribution is 8.16. The second kappa shape index (κ2) is 13.1. The summed E-state index contributed by atoms with van der Waals surface area (Å²) in [6.45, 7) is 4.23. The van der Waals surface area contributed by atoms with Gasteiger partial charge >= 0.3 is 0 Å². The molecule has 2 aromatic carbocycles. The topological polar surface area (TPSA) is 119 Å². The van der Waals surface area contributed by atoms with Crippen LogP contribution >= 0.6 is 11.8 Å². The fourth-order valence-corrected chi connectivity index (χ4v) is 3.33. The van der Waals surface area contributed by atoms with Gasteiger partial charge in [0.1, 0.15) is 12.8 Å². The molecule has 0 bridgehead atoms. The number of amides is 2. The van der Waals surface area contributed by atoms with E-state index in [1.165, 1.54) is 18.8 Å². The third kappa shape index (κ3) is 6.13. The van der Waals surface area contributed by atoms with Crippen LogP contribution in [0.1, 0.15) is 34.5 Å². The molecule has 0 saturated heterocycles. The standard InChI is InChI=1S/C20H19N3O2S.CH5N.CH2O/c1-2-12-26-20(21)22-18(24)17(14-8-4-3-5-9-14)23-13-15-10-6-7-11-16(15)19(23)25;2*1-2/h2-12,17H,13H2,1H3,(H2,21,22,24);2H2,1H3;1H2/b12-2+;;. The molecule has 1 aliphatic heterocycles. The minimum atomic E-state index is -0.805. The molecule has 2 aromatic rings. The molecule has 0 aromatic heterocycles. The summed E-state index contributed by atoms with van der Waals surface area (Å²) in [6, 6.07) is 15.8. The van der Waals surface area contributed by atoms with E-state index in [0.717, 1.165) is 5.56 Å². The van der Waals surface area contributed by atoms with Crippen molar-refractivity contribution in [2.24, 2.45) is 16.5 Å². The normalized spacial score (nSPS) is 13.6. The van der Waals surface area contributed by atoms with E-state index in [0.29, 0.717) is 17.7 Å². The van der Waals surface area contributed by atoms with E-state index >= 15 is 0 Å². The molecule has 7 nitrogen and oxygen atoms in total. The van der Waals surface area contributed by atoms with Gasteiger partial charge in [-0.15, -0.1) is 0 Å². The van der Waals surface area contributed by atoms with Crippen molar-refractivity contribution < 1.29 is 14.4 Å². The van der Waals surface area contributed by atoms with Gasteiger partial charge in [-0.05, 0) is 36.6 Å².